The highest BCUT2D eigenvalue weighted by atomic mass is 32.2. The van der Waals surface area contributed by atoms with Crippen LogP contribution in [0.3, 0.4) is 0 Å². The summed E-state index contributed by atoms with van der Waals surface area (Å²) in [5.41, 5.74) is 1.81. The Balaban J connectivity index is 2.03. The molecule has 2 aromatic heterocycles. The number of rotatable bonds is 3. The van der Waals surface area contributed by atoms with Crippen molar-refractivity contribution < 1.29 is 9.47 Å². The largest absolute Gasteiger partial charge is 0.454 e. The third kappa shape index (κ3) is 2.22. The van der Waals surface area contributed by atoms with Crippen LogP contribution in [0.25, 0.3) is 15.9 Å². The topological polar surface area (TPSA) is 53.4 Å². The Bertz CT molecular complexity index is 1010. The van der Waals surface area contributed by atoms with E-state index in [0.717, 1.165) is 32.8 Å². The fourth-order valence-electron chi connectivity index (χ4n) is 3.01. The molecule has 1 aromatic carbocycles. The summed E-state index contributed by atoms with van der Waals surface area (Å²) < 4.78 is 12.5. The van der Waals surface area contributed by atoms with Gasteiger partial charge < -0.3 is 9.47 Å². The van der Waals surface area contributed by atoms with E-state index in [1.807, 2.05) is 31.4 Å². The maximum Gasteiger partial charge on any atom is 0.267 e. The van der Waals surface area contributed by atoms with E-state index in [0.29, 0.717) is 16.7 Å². The first-order valence-electron chi connectivity index (χ1n) is 7.63. The van der Waals surface area contributed by atoms with Crippen molar-refractivity contribution in [2.45, 2.75) is 25.4 Å². The highest BCUT2D eigenvalue weighted by Crippen LogP contribution is 2.35. The molecule has 0 atom stereocenters. The number of ether oxygens (including phenoxy) is 2. The van der Waals surface area contributed by atoms with E-state index in [1.165, 1.54) is 11.8 Å². The Labute approximate surface area is 147 Å². The lowest BCUT2D eigenvalue weighted by Gasteiger charge is -2.11. The number of hydrogen-bond donors (Lipinski definition) is 0. The van der Waals surface area contributed by atoms with E-state index in [-0.39, 0.29) is 12.4 Å². The normalized spacial score (nSPS) is 13.0. The summed E-state index contributed by atoms with van der Waals surface area (Å²) in [5.74, 6) is 1.36. The molecule has 24 heavy (non-hydrogen) atoms. The average molecular weight is 360 g/mol. The zero-order chi connectivity index (χ0) is 16.8. The van der Waals surface area contributed by atoms with Crippen molar-refractivity contribution in [2.75, 3.05) is 13.0 Å². The molecule has 3 heterocycles. The zero-order valence-corrected chi connectivity index (χ0v) is 15.2. The molecule has 0 aliphatic carbocycles. The molecule has 0 radical (unpaired) electrons. The molecule has 4 rings (SSSR count). The van der Waals surface area contributed by atoms with Crippen LogP contribution in [0.15, 0.2) is 28.2 Å². The first-order chi connectivity index (χ1) is 11.6. The van der Waals surface area contributed by atoms with Crippen LogP contribution in [0.1, 0.15) is 17.4 Å². The van der Waals surface area contributed by atoms with E-state index in [4.69, 9.17) is 14.5 Å². The quantitative estimate of drug-likeness (QED) is 0.526. The van der Waals surface area contributed by atoms with Crippen molar-refractivity contribution in [3.8, 4) is 17.2 Å². The summed E-state index contributed by atoms with van der Waals surface area (Å²) in [6.07, 6.45) is 2.75. The average Bonchev–Trinajstić information content (AvgIpc) is 3.17. The number of benzene rings is 1. The van der Waals surface area contributed by atoms with Crippen molar-refractivity contribution in [1.82, 2.24) is 9.55 Å². The van der Waals surface area contributed by atoms with Gasteiger partial charge in [0.15, 0.2) is 16.7 Å². The van der Waals surface area contributed by atoms with Gasteiger partial charge in [-0.15, -0.1) is 11.3 Å². The molecule has 3 aromatic rings. The fourth-order valence-corrected chi connectivity index (χ4v) is 4.73. The number of nitrogens with zero attached hydrogens (tertiary/aromatic N) is 2. The molecule has 0 unspecified atom stereocenters. The molecule has 5 nitrogen and oxygen atoms in total. The van der Waals surface area contributed by atoms with Gasteiger partial charge in [0.25, 0.3) is 5.56 Å². The molecule has 0 saturated carbocycles. The molecule has 124 valence electrons. The number of thioether (sulfide) groups is 1. The lowest BCUT2D eigenvalue weighted by molar-refractivity contribution is 0.174. The van der Waals surface area contributed by atoms with E-state index < -0.39 is 0 Å². The van der Waals surface area contributed by atoms with Gasteiger partial charge in [0, 0.05) is 10.9 Å². The maximum absolute atomic E-state index is 13.2. The third-order valence-corrected chi connectivity index (χ3v) is 5.83. The van der Waals surface area contributed by atoms with Gasteiger partial charge >= 0.3 is 0 Å². The second kappa shape index (κ2) is 5.82. The van der Waals surface area contributed by atoms with E-state index in [2.05, 4.69) is 6.92 Å². The lowest BCUT2D eigenvalue weighted by Crippen LogP contribution is -2.21. The molecule has 0 saturated heterocycles. The summed E-state index contributed by atoms with van der Waals surface area (Å²) in [7, 11) is 0. The fraction of sp³-hybridized carbons (Fsp3) is 0.294. The summed E-state index contributed by atoms with van der Waals surface area (Å²) >= 11 is 3.05. The third-order valence-electron chi connectivity index (χ3n) is 4.15. The smallest absolute Gasteiger partial charge is 0.267 e. The number of hydrogen-bond acceptors (Lipinski definition) is 6. The standard InChI is InChI=1S/C17H16N2O3S2/c1-4-11-9(2)24-15-14(11)16(20)19(17(18-15)23-3)10-5-6-12-13(7-10)22-8-21-12/h5-7H,4,8H2,1-3H3. The van der Waals surface area contributed by atoms with E-state index in [1.54, 1.807) is 15.9 Å². The second-order valence-electron chi connectivity index (χ2n) is 5.45. The summed E-state index contributed by atoms with van der Waals surface area (Å²) in [5, 5.41) is 1.41. The summed E-state index contributed by atoms with van der Waals surface area (Å²) in [4.78, 5) is 19.9. The second-order valence-corrected chi connectivity index (χ2v) is 7.42. The van der Waals surface area contributed by atoms with Crippen molar-refractivity contribution in [3.05, 3.63) is 39.0 Å². The minimum absolute atomic E-state index is 0.0237. The molecule has 0 N–H and O–H groups in total. The highest BCUT2D eigenvalue weighted by molar-refractivity contribution is 7.98. The molecule has 0 fully saturated rings. The molecule has 1 aliphatic heterocycles. The first-order valence-corrected chi connectivity index (χ1v) is 9.67. The van der Waals surface area contributed by atoms with Gasteiger partial charge in [-0.2, -0.15) is 0 Å². The minimum Gasteiger partial charge on any atom is -0.454 e. The molecule has 7 heteroatoms. The van der Waals surface area contributed by atoms with Crippen LogP contribution in [0.5, 0.6) is 11.5 Å². The molecule has 0 spiro atoms. The monoisotopic (exact) mass is 360 g/mol. The molecular formula is C17H16N2O3S2. The van der Waals surface area contributed by atoms with Crippen LogP contribution in [-0.4, -0.2) is 22.6 Å². The van der Waals surface area contributed by atoms with Crippen molar-refractivity contribution >= 4 is 33.3 Å². The van der Waals surface area contributed by atoms with Gasteiger partial charge in [-0.25, -0.2) is 4.98 Å². The zero-order valence-electron chi connectivity index (χ0n) is 13.6. The Morgan fingerprint density at radius 1 is 1.33 bits per heavy atom. The van der Waals surface area contributed by atoms with Crippen LogP contribution < -0.4 is 15.0 Å². The minimum atomic E-state index is -0.0237. The Morgan fingerprint density at radius 3 is 2.88 bits per heavy atom. The van der Waals surface area contributed by atoms with Gasteiger partial charge in [-0.05, 0) is 37.3 Å². The summed E-state index contributed by atoms with van der Waals surface area (Å²) in [6.45, 7) is 4.33. The summed E-state index contributed by atoms with van der Waals surface area (Å²) in [6, 6.07) is 5.53. The maximum atomic E-state index is 13.2. The predicted molar refractivity (Wildman–Crippen MR) is 97.2 cm³/mol. The number of fused-ring (bicyclic) bond motifs is 2. The van der Waals surface area contributed by atoms with Crippen LogP contribution in [0, 0.1) is 6.92 Å². The highest BCUT2D eigenvalue weighted by Gasteiger charge is 2.20. The van der Waals surface area contributed by atoms with Crippen LogP contribution in [-0.2, 0) is 6.42 Å². The number of aryl methyl sites for hydroxylation is 2. The lowest BCUT2D eigenvalue weighted by atomic mass is 10.1. The first kappa shape index (κ1) is 15.5. The molecule has 1 aliphatic rings. The van der Waals surface area contributed by atoms with Gasteiger partial charge in [0.1, 0.15) is 4.83 Å². The van der Waals surface area contributed by atoms with Crippen molar-refractivity contribution in [2.24, 2.45) is 0 Å². The Hall–Kier alpha value is -1.99. The van der Waals surface area contributed by atoms with Gasteiger partial charge in [0.2, 0.25) is 6.79 Å². The number of aromatic nitrogens is 2. The van der Waals surface area contributed by atoms with E-state index in [9.17, 15) is 4.79 Å². The SMILES string of the molecule is CCc1c(C)sc2nc(SC)n(-c3ccc4c(c3)OCO4)c(=O)c12. The van der Waals surface area contributed by atoms with Gasteiger partial charge in [-0.1, -0.05) is 18.7 Å². The van der Waals surface area contributed by atoms with Crippen molar-refractivity contribution in [3.63, 3.8) is 0 Å². The number of thiophene rings is 1. The van der Waals surface area contributed by atoms with Crippen LogP contribution in [0.2, 0.25) is 0 Å². The van der Waals surface area contributed by atoms with Gasteiger partial charge in [-0.3, -0.25) is 9.36 Å². The molecule has 0 bridgehead atoms. The predicted octanol–water partition coefficient (Wildman–Crippen LogP) is 3.77. The van der Waals surface area contributed by atoms with E-state index >= 15 is 0 Å². The molecular weight excluding hydrogens is 344 g/mol. The Kier molecular flexibility index (Phi) is 3.77. The van der Waals surface area contributed by atoms with Crippen molar-refractivity contribution in [1.29, 1.82) is 0 Å². The molecule has 0 amide bonds. The van der Waals surface area contributed by atoms with Crippen LogP contribution >= 0.6 is 23.1 Å². The Morgan fingerprint density at radius 2 is 2.12 bits per heavy atom. The van der Waals surface area contributed by atoms with Crippen LogP contribution in [0.4, 0.5) is 0 Å². The van der Waals surface area contributed by atoms with Gasteiger partial charge in [0.05, 0.1) is 11.1 Å².